The number of anilines is 2. The van der Waals surface area contributed by atoms with Gasteiger partial charge in [0.25, 0.3) is 5.91 Å². The molecule has 0 unspecified atom stereocenters. The van der Waals surface area contributed by atoms with Gasteiger partial charge in [-0.15, -0.1) is 0 Å². The third-order valence-electron chi connectivity index (χ3n) is 5.32. The topological polar surface area (TPSA) is 123 Å². The van der Waals surface area contributed by atoms with Crippen molar-refractivity contribution in [3.8, 4) is 17.2 Å². The number of carbonyl (C=O) groups excluding carboxylic acids is 2. The van der Waals surface area contributed by atoms with Crippen LogP contribution in [0.3, 0.4) is 0 Å². The number of hydrogen-bond donors (Lipinski definition) is 3. The maximum Gasteiger partial charge on any atom is 0.324 e. The van der Waals surface area contributed by atoms with E-state index in [2.05, 4.69) is 31.0 Å². The van der Waals surface area contributed by atoms with E-state index >= 15 is 0 Å². The Labute approximate surface area is 212 Å². The highest BCUT2D eigenvalue weighted by Gasteiger charge is 2.16. The number of nitrogens with one attached hydrogen (secondary N) is 3. The van der Waals surface area contributed by atoms with E-state index in [0.29, 0.717) is 17.3 Å². The first-order valence-electron chi connectivity index (χ1n) is 11.5. The van der Waals surface area contributed by atoms with Gasteiger partial charge in [-0.3, -0.25) is 20.1 Å². The molecule has 0 saturated heterocycles. The molecule has 3 N–H and O–H groups in total. The smallest absolute Gasteiger partial charge is 0.324 e. The fourth-order valence-corrected chi connectivity index (χ4v) is 3.35. The molecule has 37 heavy (non-hydrogen) atoms. The zero-order valence-corrected chi connectivity index (χ0v) is 20.7. The van der Waals surface area contributed by atoms with Crippen LogP contribution in [0, 0.1) is 12.7 Å². The Morgan fingerprint density at radius 2 is 1.78 bits per heavy atom. The summed E-state index contributed by atoms with van der Waals surface area (Å²) in [5, 5.41) is 12.3. The minimum absolute atomic E-state index is 0.0437. The second-order valence-corrected chi connectivity index (χ2v) is 8.46. The number of rotatable bonds is 7. The van der Waals surface area contributed by atoms with E-state index in [9.17, 15) is 14.0 Å². The summed E-state index contributed by atoms with van der Waals surface area (Å²) in [5.41, 5.74) is 2.43. The lowest BCUT2D eigenvalue weighted by Crippen LogP contribution is -2.22. The number of aryl methyl sites for hydroxylation is 1. The van der Waals surface area contributed by atoms with Gasteiger partial charge in [0.2, 0.25) is 0 Å². The molecule has 4 rings (SSSR count). The molecule has 0 radical (unpaired) electrons. The molecular weight excluding hydrogens is 477 g/mol. The Balaban J connectivity index is 1.48. The van der Waals surface area contributed by atoms with Crippen LogP contribution in [0.2, 0.25) is 0 Å². The second kappa shape index (κ2) is 10.9. The van der Waals surface area contributed by atoms with E-state index in [4.69, 9.17) is 4.74 Å². The van der Waals surface area contributed by atoms with Gasteiger partial charge in [-0.25, -0.2) is 13.9 Å². The lowest BCUT2D eigenvalue weighted by molar-refractivity contribution is 0.0957. The molecule has 0 saturated carbocycles. The summed E-state index contributed by atoms with van der Waals surface area (Å²) in [6, 6.07) is 11.8. The van der Waals surface area contributed by atoms with Gasteiger partial charge in [0.15, 0.2) is 0 Å². The Morgan fingerprint density at radius 1 is 1.00 bits per heavy atom. The SMILES string of the molecule is CNC(=O)c1cc(Oc2ccc(NC(=O)Nc3cc(C(C)C)nn3-c3ccc(C)nc3)c(F)c2)ccn1. The van der Waals surface area contributed by atoms with Crippen molar-refractivity contribution in [2.45, 2.75) is 26.7 Å². The van der Waals surface area contributed by atoms with Crippen molar-refractivity contribution in [2.75, 3.05) is 17.7 Å². The number of carbonyl (C=O) groups is 2. The number of ether oxygens (including phenoxy) is 1. The molecule has 0 atom stereocenters. The summed E-state index contributed by atoms with van der Waals surface area (Å²) in [6.45, 7) is 5.87. The molecule has 3 amide bonds. The summed E-state index contributed by atoms with van der Waals surface area (Å²) in [6.07, 6.45) is 3.08. The Hall–Kier alpha value is -4.80. The minimum Gasteiger partial charge on any atom is -0.457 e. The number of pyridine rings is 2. The van der Waals surface area contributed by atoms with E-state index in [-0.39, 0.29) is 29.0 Å². The molecule has 11 heteroatoms. The predicted octanol–water partition coefficient (Wildman–Crippen LogP) is 5.03. The van der Waals surface area contributed by atoms with Crippen molar-refractivity contribution in [1.82, 2.24) is 25.1 Å². The summed E-state index contributed by atoms with van der Waals surface area (Å²) in [4.78, 5) is 32.7. The molecule has 0 bridgehead atoms. The Morgan fingerprint density at radius 3 is 2.46 bits per heavy atom. The molecule has 0 spiro atoms. The number of aromatic nitrogens is 4. The molecule has 0 fully saturated rings. The van der Waals surface area contributed by atoms with E-state index in [1.807, 2.05) is 32.9 Å². The maximum atomic E-state index is 14.8. The van der Waals surface area contributed by atoms with Crippen LogP contribution in [-0.2, 0) is 0 Å². The minimum atomic E-state index is -0.702. The van der Waals surface area contributed by atoms with Crippen molar-refractivity contribution in [1.29, 1.82) is 0 Å². The first-order valence-corrected chi connectivity index (χ1v) is 11.5. The molecule has 4 aromatic rings. The largest absolute Gasteiger partial charge is 0.457 e. The zero-order valence-electron chi connectivity index (χ0n) is 20.7. The molecule has 3 aromatic heterocycles. The van der Waals surface area contributed by atoms with Gasteiger partial charge in [0, 0.05) is 37.1 Å². The number of halogens is 1. The van der Waals surface area contributed by atoms with Crippen molar-refractivity contribution < 1.29 is 18.7 Å². The Kier molecular flexibility index (Phi) is 7.42. The van der Waals surface area contributed by atoms with Crippen LogP contribution < -0.4 is 20.7 Å². The molecule has 0 aliphatic carbocycles. The van der Waals surface area contributed by atoms with E-state index in [1.54, 1.807) is 23.0 Å². The first kappa shape index (κ1) is 25.3. The number of urea groups is 1. The van der Waals surface area contributed by atoms with Crippen LogP contribution in [0.25, 0.3) is 5.69 Å². The van der Waals surface area contributed by atoms with Crippen molar-refractivity contribution in [3.05, 3.63) is 83.8 Å². The summed E-state index contributed by atoms with van der Waals surface area (Å²) < 4.78 is 22.0. The quantitative estimate of drug-likeness (QED) is 0.325. The van der Waals surface area contributed by atoms with Crippen LogP contribution in [0.4, 0.5) is 20.7 Å². The van der Waals surface area contributed by atoms with Gasteiger partial charge < -0.3 is 15.4 Å². The van der Waals surface area contributed by atoms with Gasteiger partial charge in [-0.1, -0.05) is 13.8 Å². The van der Waals surface area contributed by atoms with Crippen molar-refractivity contribution >= 4 is 23.4 Å². The van der Waals surface area contributed by atoms with Crippen LogP contribution in [0.5, 0.6) is 11.5 Å². The predicted molar refractivity (Wildman–Crippen MR) is 137 cm³/mol. The van der Waals surface area contributed by atoms with E-state index in [0.717, 1.165) is 17.5 Å². The van der Waals surface area contributed by atoms with Gasteiger partial charge in [-0.05, 0) is 43.2 Å². The van der Waals surface area contributed by atoms with Gasteiger partial charge >= 0.3 is 6.03 Å². The average molecular weight is 504 g/mol. The first-order chi connectivity index (χ1) is 17.7. The second-order valence-electron chi connectivity index (χ2n) is 8.46. The van der Waals surface area contributed by atoms with Crippen molar-refractivity contribution in [2.24, 2.45) is 0 Å². The standard InChI is InChI=1S/C26H26FN7O3/c1-15(2)22-13-24(34(33-22)17-6-5-16(3)30-14-17)32-26(36)31-21-8-7-18(11-20(21)27)37-19-9-10-29-23(12-19)25(35)28-4/h5-15H,1-4H3,(H,28,35)(H2,31,32,36). The third kappa shape index (κ3) is 6.07. The highest BCUT2D eigenvalue weighted by molar-refractivity contribution is 5.99. The summed E-state index contributed by atoms with van der Waals surface area (Å²) in [7, 11) is 1.49. The van der Waals surface area contributed by atoms with Crippen LogP contribution in [0.1, 0.15) is 41.6 Å². The van der Waals surface area contributed by atoms with Gasteiger partial charge in [0.1, 0.15) is 28.8 Å². The van der Waals surface area contributed by atoms with Gasteiger partial charge in [0.05, 0.1) is 23.3 Å². The number of hydrogen-bond acceptors (Lipinski definition) is 6. The molecule has 10 nitrogen and oxygen atoms in total. The molecule has 0 aliphatic rings. The third-order valence-corrected chi connectivity index (χ3v) is 5.32. The fraction of sp³-hybridized carbons (Fsp3) is 0.192. The molecule has 3 heterocycles. The number of benzene rings is 1. The van der Waals surface area contributed by atoms with Gasteiger partial charge in [-0.2, -0.15) is 5.10 Å². The van der Waals surface area contributed by atoms with Crippen molar-refractivity contribution in [3.63, 3.8) is 0 Å². The number of amides is 3. The summed E-state index contributed by atoms with van der Waals surface area (Å²) >= 11 is 0. The lowest BCUT2D eigenvalue weighted by Gasteiger charge is -2.12. The average Bonchev–Trinajstić information content (AvgIpc) is 3.30. The lowest BCUT2D eigenvalue weighted by atomic mass is 10.1. The number of nitrogens with zero attached hydrogens (tertiary/aromatic N) is 4. The monoisotopic (exact) mass is 503 g/mol. The maximum absolute atomic E-state index is 14.8. The fourth-order valence-electron chi connectivity index (χ4n) is 3.35. The normalized spacial score (nSPS) is 10.8. The highest BCUT2D eigenvalue weighted by Crippen LogP contribution is 2.27. The molecule has 190 valence electrons. The zero-order chi connectivity index (χ0) is 26.5. The van der Waals surface area contributed by atoms with Crippen LogP contribution in [-0.4, -0.2) is 38.7 Å². The van der Waals surface area contributed by atoms with Crippen LogP contribution in [0.15, 0.2) is 60.9 Å². The molecule has 1 aromatic carbocycles. The summed E-state index contributed by atoms with van der Waals surface area (Å²) in [5.74, 6) is -0.0387. The van der Waals surface area contributed by atoms with Crippen LogP contribution >= 0.6 is 0 Å². The highest BCUT2D eigenvalue weighted by atomic mass is 19.1. The molecular formula is C26H26FN7O3. The van der Waals surface area contributed by atoms with E-state index in [1.165, 1.54) is 31.4 Å². The Bertz CT molecular complexity index is 1430. The van der Waals surface area contributed by atoms with E-state index < -0.39 is 11.8 Å². The molecule has 0 aliphatic heterocycles.